The molecule has 1 aromatic carbocycles. The lowest BCUT2D eigenvalue weighted by Crippen LogP contribution is -2.53. The summed E-state index contributed by atoms with van der Waals surface area (Å²) in [6.45, 7) is 7.07. The Labute approximate surface area is 114 Å². The molecule has 0 bridgehead atoms. The molecule has 0 amide bonds. The van der Waals surface area contributed by atoms with Gasteiger partial charge in [-0.3, -0.25) is 4.99 Å². The molecule has 2 atom stereocenters. The van der Waals surface area contributed by atoms with E-state index in [2.05, 4.69) is 30.7 Å². The summed E-state index contributed by atoms with van der Waals surface area (Å²) in [4.78, 5) is 6.63. The van der Waals surface area contributed by atoms with E-state index in [0.717, 1.165) is 18.4 Å². The number of nitrogens with zero attached hydrogens (tertiary/aromatic N) is 2. The number of guanidine groups is 1. The van der Waals surface area contributed by atoms with Crippen molar-refractivity contribution in [3.05, 3.63) is 35.6 Å². The molecule has 104 valence electrons. The molecule has 1 aromatic rings. The minimum atomic E-state index is -0.229. The first-order valence-corrected chi connectivity index (χ1v) is 6.90. The van der Waals surface area contributed by atoms with Crippen LogP contribution in [0, 0.1) is 5.82 Å². The van der Waals surface area contributed by atoms with Crippen molar-refractivity contribution in [1.82, 2.24) is 4.90 Å². The highest BCUT2D eigenvalue weighted by molar-refractivity contribution is 5.81. The van der Waals surface area contributed by atoms with Crippen LogP contribution in [0.4, 0.5) is 4.39 Å². The molecule has 1 aliphatic heterocycles. The molecule has 0 aliphatic carbocycles. The Morgan fingerprint density at radius 1 is 1.37 bits per heavy atom. The van der Waals surface area contributed by atoms with Crippen LogP contribution in [0.2, 0.25) is 0 Å². The Kier molecular flexibility index (Phi) is 3.78. The first-order chi connectivity index (χ1) is 9.05. The Balaban J connectivity index is 2.45. The fourth-order valence-corrected chi connectivity index (χ4v) is 2.89. The third kappa shape index (κ3) is 2.20. The average Bonchev–Trinajstić information content (AvgIpc) is 2.77. The number of rotatable bonds is 4. The van der Waals surface area contributed by atoms with Crippen LogP contribution in [0.25, 0.3) is 0 Å². The zero-order valence-corrected chi connectivity index (χ0v) is 11.9. The standard InChI is InChI=1S/C15H22FN3/c1-4-11(3)19-14(17)18-10-15(19,5-2)12-6-8-13(16)9-7-12/h6-9,11H,4-5,10H2,1-3H3,(H2,17,18). The van der Waals surface area contributed by atoms with E-state index in [0.29, 0.717) is 18.5 Å². The van der Waals surface area contributed by atoms with Crippen molar-refractivity contribution in [2.24, 2.45) is 10.7 Å². The van der Waals surface area contributed by atoms with E-state index >= 15 is 0 Å². The highest BCUT2D eigenvalue weighted by Crippen LogP contribution is 2.38. The SMILES string of the molecule is CCC(C)N1C(N)=NCC1(CC)c1ccc(F)cc1. The van der Waals surface area contributed by atoms with Gasteiger partial charge < -0.3 is 10.6 Å². The van der Waals surface area contributed by atoms with E-state index < -0.39 is 0 Å². The van der Waals surface area contributed by atoms with Crippen molar-refractivity contribution in [3.63, 3.8) is 0 Å². The molecule has 0 saturated heterocycles. The van der Waals surface area contributed by atoms with Crippen molar-refractivity contribution in [3.8, 4) is 0 Å². The van der Waals surface area contributed by atoms with Gasteiger partial charge in [-0.25, -0.2) is 4.39 Å². The van der Waals surface area contributed by atoms with Gasteiger partial charge in [0.25, 0.3) is 0 Å². The van der Waals surface area contributed by atoms with Crippen LogP contribution >= 0.6 is 0 Å². The van der Waals surface area contributed by atoms with Crippen molar-refractivity contribution in [2.45, 2.75) is 45.2 Å². The van der Waals surface area contributed by atoms with Gasteiger partial charge >= 0.3 is 0 Å². The second kappa shape index (κ2) is 5.19. The lowest BCUT2D eigenvalue weighted by molar-refractivity contribution is 0.146. The fraction of sp³-hybridized carbons (Fsp3) is 0.533. The van der Waals surface area contributed by atoms with Gasteiger partial charge in [0.05, 0.1) is 12.1 Å². The van der Waals surface area contributed by atoms with Gasteiger partial charge in [0.2, 0.25) is 0 Å². The monoisotopic (exact) mass is 263 g/mol. The largest absolute Gasteiger partial charge is 0.370 e. The molecule has 0 aromatic heterocycles. The molecule has 1 aliphatic rings. The molecular formula is C15H22FN3. The zero-order chi connectivity index (χ0) is 14.0. The van der Waals surface area contributed by atoms with Gasteiger partial charge in [-0.2, -0.15) is 0 Å². The summed E-state index contributed by atoms with van der Waals surface area (Å²) in [6, 6.07) is 7.03. The lowest BCUT2D eigenvalue weighted by Gasteiger charge is -2.42. The summed E-state index contributed by atoms with van der Waals surface area (Å²) in [6.07, 6.45) is 1.90. The van der Waals surface area contributed by atoms with E-state index in [4.69, 9.17) is 5.73 Å². The van der Waals surface area contributed by atoms with Gasteiger partial charge in [0, 0.05) is 6.04 Å². The molecule has 2 rings (SSSR count). The Morgan fingerprint density at radius 2 is 2.00 bits per heavy atom. The minimum absolute atomic E-state index is 0.211. The predicted molar refractivity (Wildman–Crippen MR) is 76.5 cm³/mol. The summed E-state index contributed by atoms with van der Waals surface area (Å²) >= 11 is 0. The molecule has 0 radical (unpaired) electrons. The lowest BCUT2D eigenvalue weighted by atomic mass is 9.85. The van der Waals surface area contributed by atoms with E-state index in [-0.39, 0.29) is 11.4 Å². The van der Waals surface area contributed by atoms with E-state index in [1.165, 1.54) is 12.1 Å². The maximum absolute atomic E-state index is 13.1. The van der Waals surface area contributed by atoms with E-state index in [1.807, 2.05) is 12.1 Å². The third-order valence-electron chi connectivity index (χ3n) is 4.21. The topological polar surface area (TPSA) is 41.6 Å². The Morgan fingerprint density at radius 3 is 2.53 bits per heavy atom. The van der Waals surface area contributed by atoms with Gasteiger partial charge in [0.15, 0.2) is 5.96 Å². The number of halogens is 1. The molecular weight excluding hydrogens is 241 g/mol. The van der Waals surface area contributed by atoms with Gasteiger partial charge in [0.1, 0.15) is 5.82 Å². The van der Waals surface area contributed by atoms with Crippen LogP contribution in [0.5, 0.6) is 0 Å². The number of aliphatic imine (C=N–C) groups is 1. The summed E-state index contributed by atoms with van der Waals surface area (Å²) in [7, 11) is 0. The molecule has 0 saturated carbocycles. The number of hydrogen-bond acceptors (Lipinski definition) is 3. The molecule has 2 unspecified atom stereocenters. The molecule has 19 heavy (non-hydrogen) atoms. The maximum Gasteiger partial charge on any atom is 0.192 e. The quantitative estimate of drug-likeness (QED) is 0.907. The Bertz CT molecular complexity index is 469. The van der Waals surface area contributed by atoms with Crippen LogP contribution in [0.1, 0.15) is 39.2 Å². The molecule has 2 N–H and O–H groups in total. The Hall–Kier alpha value is -1.58. The van der Waals surface area contributed by atoms with Gasteiger partial charge in [-0.15, -0.1) is 0 Å². The smallest absolute Gasteiger partial charge is 0.192 e. The normalized spacial score (nSPS) is 24.4. The zero-order valence-electron chi connectivity index (χ0n) is 11.9. The van der Waals surface area contributed by atoms with Crippen LogP contribution in [-0.4, -0.2) is 23.4 Å². The van der Waals surface area contributed by atoms with Gasteiger partial charge in [-0.1, -0.05) is 26.0 Å². The summed E-state index contributed by atoms with van der Waals surface area (Å²) in [5.74, 6) is 0.387. The number of hydrogen-bond donors (Lipinski definition) is 1. The van der Waals surface area contributed by atoms with Gasteiger partial charge in [-0.05, 0) is 37.5 Å². The first kappa shape index (κ1) is 13.8. The minimum Gasteiger partial charge on any atom is -0.370 e. The molecule has 1 heterocycles. The van der Waals surface area contributed by atoms with Crippen LogP contribution in [0.15, 0.2) is 29.3 Å². The van der Waals surface area contributed by atoms with E-state index in [1.54, 1.807) is 0 Å². The van der Waals surface area contributed by atoms with Crippen molar-refractivity contribution in [2.75, 3.05) is 6.54 Å². The van der Waals surface area contributed by atoms with Crippen LogP contribution in [-0.2, 0) is 5.54 Å². The van der Waals surface area contributed by atoms with Crippen LogP contribution in [0.3, 0.4) is 0 Å². The predicted octanol–water partition coefficient (Wildman–Crippen LogP) is 2.86. The summed E-state index contributed by atoms with van der Waals surface area (Å²) < 4.78 is 13.1. The van der Waals surface area contributed by atoms with Crippen LogP contribution < -0.4 is 5.73 Å². The molecule has 3 nitrogen and oxygen atoms in total. The fourth-order valence-electron chi connectivity index (χ4n) is 2.89. The van der Waals surface area contributed by atoms with Crippen molar-refractivity contribution < 1.29 is 4.39 Å². The maximum atomic E-state index is 13.1. The number of nitrogens with two attached hydrogens (primary N) is 1. The van der Waals surface area contributed by atoms with Crippen molar-refractivity contribution in [1.29, 1.82) is 0 Å². The third-order valence-corrected chi connectivity index (χ3v) is 4.21. The summed E-state index contributed by atoms with van der Waals surface area (Å²) in [5, 5.41) is 0. The first-order valence-electron chi connectivity index (χ1n) is 6.90. The molecule has 4 heteroatoms. The average molecular weight is 263 g/mol. The second-order valence-corrected chi connectivity index (χ2v) is 5.19. The highest BCUT2D eigenvalue weighted by Gasteiger charge is 2.44. The second-order valence-electron chi connectivity index (χ2n) is 5.19. The molecule has 0 fully saturated rings. The van der Waals surface area contributed by atoms with E-state index in [9.17, 15) is 4.39 Å². The van der Waals surface area contributed by atoms with Crippen molar-refractivity contribution >= 4 is 5.96 Å². The summed E-state index contributed by atoms with van der Waals surface area (Å²) in [5.41, 5.74) is 6.93. The highest BCUT2D eigenvalue weighted by atomic mass is 19.1. The molecule has 0 spiro atoms. The number of benzene rings is 1.